The summed E-state index contributed by atoms with van der Waals surface area (Å²) in [5.41, 5.74) is 2.90. The molecule has 1 atom stereocenters. The number of para-hydroxylation sites is 1. The molecule has 1 aliphatic heterocycles. The molecule has 132 valence electrons. The number of nitrogens with one attached hydrogen (secondary N) is 1. The van der Waals surface area contributed by atoms with E-state index in [1.165, 1.54) is 4.68 Å². The minimum atomic E-state index is -0.570. The van der Waals surface area contributed by atoms with Gasteiger partial charge in [0.25, 0.3) is 0 Å². The second kappa shape index (κ2) is 6.97. The van der Waals surface area contributed by atoms with Crippen LogP contribution in [-0.4, -0.2) is 32.6 Å². The first-order chi connectivity index (χ1) is 12.7. The molecule has 0 fully saturated rings. The predicted molar refractivity (Wildman–Crippen MR) is 95.6 cm³/mol. The summed E-state index contributed by atoms with van der Waals surface area (Å²) >= 11 is 0. The fraction of sp³-hybridized carbons (Fsp3) is 0.211. The summed E-state index contributed by atoms with van der Waals surface area (Å²) in [6, 6.07) is 15.0. The largest absolute Gasteiger partial charge is 0.491 e. The van der Waals surface area contributed by atoms with E-state index in [4.69, 9.17) is 4.74 Å². The van der Waals surface area contributed by atoms with E-state index < -0.39 is 6.10 Å². The highest BCUT2D eigenvalue weighted by Crippen LogP contribution is 2.37. The third-order valence-corrected chi connectivity index (χ3v) is 4.23. The molecule has 0 aliphatic carbocycles. The van der Waals surface area contributed by atoms with Crippen LogP contribution in [0.3, 0.4) is 0 Å². The second-order valence-corrected chi connectivity index (χ2v) is 6.09. The summed E-state index contributed by atoms with van der Waals surface area (Å²) in [5, 5.41) is 21.0. The van der Waals surface area contributed by atoms with Gasteiger partial charge in [-0.3, -0.25) is 4.79 Å². The van der Waals surface area contributed by atoms with Gasteiger partial charge < -0.3 is 15.2 Å². The molecule has 2 N–H and O–H groups in total. The standard InChI is InChI=1S/C19H18N4O3/c24-17-9-10-26-19-14(17)7-4-8-15(19)20-18(25)12-23-11-16(21-22-23)13-5-2-1-3-6-13/h1-8,11,17,24H,9-10,12H2,(H,20,25). The SMILES string of the molecule is O=C(Cn1cc(-c2ccccc2)nn1)Nc1cccc2c1OCCC2O. The average Bonchev–Trinajstić information content (AvgIpc) is 3.12. The summed E-state index contributed by atoms with van der Waals surface area (Å²) in [4.78, 5) is 12.4. The van der Waals surface area contributed by atoms with Gasteiger partial charge >= 0.3 is 0 Å². The summed E-state index contributed by atoms with van der Waals surface area (Å²) in [7, 11) is 0. The number of benzene rings is 2. The molecular weight excluding hydrogens is 332 g/mol. The topological polar surface area (TPSA) is 89.3 Å². The number of anilines is 1. The van der Waals surface area contributed by atoms with Crippen molar-refractivity contribution in [2.45, 2.75) is 19.1 Å². The molecule has 0 saturated heterocycles. The van der Waals surface area contributed by atoms with Gasteiger partial charge in [0.1, 0.15) is 18.0 Å². The second-order valence-electron chi connectivity index (χ2n) is 6.09. The van der Waals surface area contributed by atoms with Crippen LogP contribution in [0.15, 0.2) is 54.7 Å². The van der Waals surface area contributed by atoms with Crippen molar-refractivity contribution >= 4 is 11.6 Å². The molecule has 7 heteroatoms. The Kier molecular flexibility index (Phi) is 4.37. The van der Waals surface area contributed by atoms with Crippen LogP contribution in [0.2, 0.25) is 0 Å². The smallest absolute Gasteiger partial charge is 0.246 e. The molecule has 1 aromatic heterocycles. The number of aliphatic hydroxyl groups is 1. The number of hydrogen-bond acceptors (Lipinski definition) is 5. The molecule has 1 unspecified atom stereocenters. The molecule has 26 heavy (non-hydrogen) atoms. The Bertz CT molecular complexity index is 924. The van der Waals surface area contributed by atoms with Gasteiger partial charge in [-0.1, -0.05) is 47.7 Å². The Morgan fingerprint density at radius 2 is 2.08 bits per heavy atom. The predicted octanol–water partition coefficient (Wildman–Crippen LogP) is 2.40. The molecule has 2 aromatic carbocycles. The lowest BCUT2D eigenvalue weighted by Crippen LogP contribution is -2.21. The molecule has 4 rings (SSSR count). The van der Waals surface area contributed by atoms with Gasteiger partial charge in [-0.15, -0.1) is 5.10 Å². The maximum atomic E-state index is 12.4. The number of ether oxygens (including phenoxy) is 1. The zero-order valence-electron chi connectivity index (χ0n) is 14.0. The van der Waals surface area contributed by atoms with Gasteiger partial charge in [0.05, 0.1) is 24.6 Å². The molecule has 0 spiro atoms. The van der Waals surface area contributed by atoms with Crippen LogP contribution >= 0.6 is 0 Å². The van der Waals surface area contributed by atoms with E-state index in [0.29, 0.717) is 35.7 Å². The highest BCUT2D eigenvalue weighted by atomic mass is 16.5. The minimum Gasteiger partial charge on any atom is -0.491 e. The van der Waals surface area contributed by atoms with Crippen LogP contribution in [0.5, 0.6) is 5.75 Å². The summed E-state index contributed by atoms with van der Waals surface area (Å²) in [6.07, 6.45) is 1.71. The number of aliphatic hydroxyl groups excluding tert-OH is 1. The van der Waals surface area contributed by atoms with Crippen molar-refractivity contribution in [3.63, 3.8) is 0 Å². The fourth-order valence-corrected chi connectivity index (χ4v) is 2.96. The highest BCUT2D eigenvalue weighted by Gasteiger charge is 2.22. The highest BCUT2D eigenvalue weighted by molar-refractivity contribution is 5.92. The number of nitrogens with zero attached hydrogens (tertiary/aromatic N) is 3. The monoisotopic (exact) mass is 350 g/mol. The average molecular weight is 350 g/mol. The lowest BCUT2D eigenvalue weighted by Gasteiger charge is -2.24. The van der Waals surface area contributed by atoms with Crippen LogP contribution in [0.25, 0.3) is 11.3 Å². The van der Waals surface area contributed by atoms with E-state index >= 15 is 0 Å². The molecule has 0 radical (unpaired) electrons. The van der Waals surface area contributed by atoms with Gasteiger partial charge in [0.2, 0.25) is 5.91 Å². The first kappa shape index (κ1) is 16.3. The minimum absolute atomic E-state index is 0.0338. The number of aromatic nitrogens is 3. The Balaban J connectivity index is 1.47. The van der Waals surface area contributed by atoms with Crippen molar-refractivity contribution in [1.29, 1.82) is 0 Å². The Hall–Kier alpha value is -3.19. The number of fused-ring (bicyclic) bond motifs is 1. The van der Waals surface area contributed by atoms with E-state index in [1.807, 2.05) is 30.3 Å². The molecule has 1 aliphatic rings. The quantitative estimate of drug-likeness (QED) is 0.754. The van der Waals surface area contributed by atoms with Crippen molar-refractivity contribution in [3.05, 3.63) is 60.3 Å². The van der Waals surface area contributed by atoms with Crippen LogP contribution in [0.1, 0.15) is 18.1 Å². The Morgan fingerprint density at radius 3 is 2.92 bits per heavy atom. The Morgan fingerprint density at radius 1 is 1.23 bits per heavy atom. The van der Waals surface area contributed by atoms with Crippen molar-refractivity contribution < 1.29 is 14.6 Å². The number of amides is 1. The van der Waals surface area contributed by atoms with Crippen molar-refractivity contribution in [3.8, 4) is 17.0 Å². The van der Waals surface area contributed by atoms with E-state index in [-0.39, 0.29) is 12.5 Å². The number of carbonyl (C=O) groups is 1. The lowest BCUT2D eigenvalue weighted by molar-refractivity contribution is -0.116. The zero-order chi connectivity index (χ0) is 17.9. The van der Waals surface area contributed by atoms with Crippen molar-refractivity contribution in [2.24, 2.45) is 0 Å². The Labute approximate surface area is 150 Å². The van der Waals surface area contributed by atoms with E-state index in [1.54, 1.807) is 24.4 Å². The summed E-state index contributed by atoms with van der Waals surface area (Å²) in [5.74, 6) is 0.287. The lowest BCUT2D eigenvalue weighted by atomic mass is 10.0. The van der Waals surface area contributed by atoms with Crippen molar-refractivity contribution in [1.82, 2.24) is 15.0 Å². The van der Waals surface area contributed by atoms with Crippen LogP contribution < -0.4 is 10.1 Å². The van der Waals surface area contributed by atoms with Gasteiger partial charge in [-0.05, 0) is 6.07 Å². The molecule has 0 saturated carbocycles. The first-order valence-corrected chi connectivity index (χ1v) is 8.40. The molecule has 7 nitrogen and oxygen atoms in total. The fourth-order valence-electron chi connectivity index (χ4n) is 2.96. The maximum Gasteiger partial charge on any atom is 0.246 e. The van der Waals surface area contributed by atoms with Gasteiger partial charge in [-0.2, -0.15) is 0 Å². The molecule has 2 heterocycles. The summed E-state index contributed by atoms with van der Waals surface area (Å²) < 4.78 is 7.12. The summed E-state index contributed by atoms with van der Waals surface area (Å²) in [6.45, 7) is 0.455. The van der Waals surface area contributed by atoms with Crippen LogP contribution in [0, 0.1) is 0 Å². The normalized spacial score (nSPS) is 15.8. The number of rotatable bonds is 4. The molecule has 0 bridgehead atoms. The van der Waals surface area contributed by atoms with E-state index in [2.05, 4.69) is 15.6 Å². The van der Waals surface area contributed by atoms with E-state index in [9.17, 15) is 9.90 Å². The van der Waals surface area contributed by atoms with Crippen LogP contribution in [-0.2, 0) is 11.3 Å². The third kappa shape index (κ3) is 3.29. The van der Waals surface area contributed by atoms with Gasteiger partial charge in [0.15, 0.2) is 0 Å². The van der Waals surface area contributed by atoms with E-state index in [0.717, 1.165) is 5.56 Å². The maximum absolute atomic E-state index is 12.4. The first-order valence-electron chi connectivity index (χ1n) is 8.40. The number of carbonyl (C=O) groups excluding carboxylic acids is 1. The molecule has 3 aromatic rings. The van der Waals surface area contributed by atoms with Gasteiger partial charge in [0, 0.05) is 17.5 Å². The molecule has 1 amide bonds. The third-order valence-electron chi connectivity index (χ3n) is 4.23. The van der Waals surface area contributed by atoms with Crippen LogP contribution in [0.4, 0.5) is 5.69 Å². The van der Waals surface area contributed by atoms with Crippen molar-refractivity contribution in [2.75, 3.05) is 11.9 Å². The zero-order valence-corrected chi connectivity index (χ0v) is 14.0. The number of hydrogen-bond donors (Lipinski definition) is 2. The van der Waals surface area contributed by atoms with Gasteiger partial charge in [-0.25, -0.2) is 4.68 Å². The molecular formula is C19H18N4O3.